The molecule has 0 aliphatic heterocycles. The molecule has 1 aliphatic carbocycles. The lowest BCUT2D eigenvalue weighted by atomic mass is 10.8. The van der Waals surface area contributed by atoms with Gasteiger partial charge in [-0.3, -0.25) is 0 Å². The fourth-order valence-corrected chi connectivity index (χ4v) is 0.224. The second kappa shape index (κ2) is 0.684. The first-order chi connectivity index (χ1) is 2.21. The molecule has 0 aromatic heterocycles. The van der Waals surface area contributed by atoms with Gasteiger partial charge in [-0.05, 0) is 12.8 Å². The Morgan fingerprint density at radius 2 is 1.80 bits per heavy atom. The topological polar surface area (TPSA) is 20.2 Å². The van der Waals surface area contributed by atoms with Gasteiger partial charge < -0.3 is 5.11 Å². The van der Waals surface area contributed by atoms with Gasteiger partial charge >= 0.3 is 0 Å². The van der Waals surface area contributed by atoms with Crippen LogP contribution in [0.2, 0.25) is 0 Å². The van der Waals surface area contributed by atoms with Crippen LogP contribution in [0.25, 0.3) is 0 Å². The van der Waals surface area contributed by atoms with Gasteiger partial charge in [0.05, 0.1) is 0 Å². The van der Waals surface area contributed by atoms with Gasteiger partial charge in [-0.1, -0.05) is 0 Å². The van der Waals surface area contributed by atoms with Crippen molar-refractivity contribution >= 4 is 12.6 Å². The Morgan fingerprint density at radius 3 is 1.80 bits per heavy atom. The molecule has 1 aliphatic rings. The fraction of sp³-hybridized carbons (Fsp3) is 1.00. The summed E-state index contributed by atoms with van der Waals surface area (Å²) in [7, 11) is 0. The Bertz CT molecular complexity index is 44.9. The van der Waals surface area contributed by atoms with E-state index in [2.05, 4.69) is 12.6 Å². The Labute approximate surface area is 36.4 Å². The molecule has 0 amide bonds. The van der Waals surface area contributed by atoms with Crippen molar-refractivity contribution in [2.75, 3.05) is 0 Å². The fourth-order valence-electron chi connectivity index (χ4n) is 0.112. The van der Waals surface area contributed by atoms with Crippen molar-refractivity contribution in [3.05, 3.63) is 0 Å². The van der Waals surface area contributed by atoms with Crippen LogP contribution in [-0.4, -0.2) is 10.0 Å². The van der Waals surface area contributed by atoms with E-state index in [1.165, 1.54) is 0 Å². The zero-order valence-corrected chi connectivity index (χ0v) is 3.70. The van der Waals surface area contributed by atoms with Gasteiger partial charge in [-0.15, -0.1) is 12.6 Å². The van der Waals surface area contributed by atoms with Crippen LogP contribution >= 0.6 is 12.6 Å². The lowest BCUT2D eigenvalue weighted by molar-refractivity contribution is 0.248. The first kappa shape index (κ1) is 3.50. The molecule has 0 aromatic rings. The Balaban J connectivity index is 2.38. The molecule has 1 saturated carbocycles. The van der Waals surface area contributed by atoms with E-state index in [4.69, 9.17) is 5.11 Å². The van der Waals surface area contributed by atoms with E-state index in [1.807, 2.05) is 0 Å². The SMILES string of the molecule is OC1(S)CC1. The smallest absolute Gasteiger partial charge is 0.107 e. The van der Waals surface area contributed by atoms with Gasteiger partial charge in [-0.25, -0.2) is 0 Å². The Kier molecular flexibility index (Phi) is 0.478. The summed E-state index contributed by atoms with van der Waals surface area (Å²) in [5.41, 5.74) is 0. The van der Waals surface area contributed by atoms with Crippen molar-refractivity contribution in [1.29, 1.82) is 0 Å². The van der Waals surface area contributed by atoms with Crippen LogP contribution in [0.3, 0.4) is 0 Å². The van der Waals surface area contributed by atoms with Crippen molar-refractivity contribution in [3.8, 4) is 0 Å². The lowest BCUT2D eigenvalue weighted by Gasteiger charge is -1.86. The van der Waals surface area contributed by atoms with Gasteiger partial charge in [0.15, 0.2) is 0 Å². The zero-order chi connectivity index (χ0) is 3.91. The third-order valence-corrected chi connectivity index (χ3v) is 1.14. The standard InChI is InChI=1S/C3H6OS/c4-3(5)1-2-3/h4-5H,1-2H2. The van der Waals surface area contributed by atoms with E-state index in [0.717, 1.165) is 12.8 Å². The maximum Gasteiger partial charge on any atom is 0.107 e. The Hall–Kier alpha value is 0.310. The largest absolute Gasteiger partial charge is 0.380 e. The average Bonchev–Trinajstić information content (AvgIpc) is 1.76. The third kappa shape index (κ3) is 0.816. The van der Waals surface area contributed by atoms with Gasteiger partial charge in [0.2, 0.25) is 0 Å². The lowest BCUT2D eigenvalue weighted by Crippen LogP contribution is -1.88. The van der Waals surface area contributed by atoms with E-state index in [0.29, 0.717) is 0 Å². The van der Waals surface area contributed by atoms with Crippen molar-refractivity contribution in [1.82, 2.24) is 0 Å². The summed E-state index contributed by atoms with van der Waals surface area (Å²) in [6.45, 7) is 0. The molecule has 0 atom stereocenters. The van der Waals surface area contributed by atoms with Crippen LogP contribution in [0.1, 0.15) is 12.8 Å². The molecule has 1 N–H and O–H groups in total. The molecule has 0 unspecified atom stereocenters. The molecule has 0 bridgehead atoms. The summed E-state index contributed by atoms with van der Waals surface area (Å²) < 4.78 is 0. The highest BCUT2D eigenvalue weighted by Gasteiger charge is 2.35. The summed E-state index contributed by atoms with van der Waals surface area (Å²) >= 11 is 3.79. The second-order valence-corrected chi connectivity index (χ2v) is 2.31. The van der Waals surface area contributed by atoms with E-state index in [1.54, 1.807) is 0 Å². The highest BCUT2D eigenvalue weighted by molar-refractivity contribution is 7.81. The Morgan fingerprint density at radius 1 is 1.60 bits per heavy atom. The molecule has 1 fully saturated rings. The summed E-state index contributed by atoms with van der Waals surface area (Å²) in [4.78, 5) is -0.556. The van der Waals surface area contributed by atoms with Crippen LogP contribution in [-0.2, 0) is 0 Å². The molecule has 0 radical (unpaired) electrons. The van der Waals surface area contributed by atoms with Crippen LogP contribution in [0.5, 0.6) is 0 Å². The molecule has 30 valence electrons. The van der Waals surface area contributed by atoms with E-state index < -0.39 is 4.93 Å². The molecule has 5 heavy (non-hydrogen) atoms. The maximum absolute atomic E-state index is 8.50. The molecule has 0 aromatic carbocycles. The molecule has 0 heterocycles. The minimum Gasteiger partial charge on any atom is -0.380 e. The van der Waals surface area contributed by atoms with E-state index >= 15 is 0 Å². The van der Waals surface area contributed by atoms with Gasteiger partial charge in [0.1, 0.15) is 4.93 Å². The number of hydrogen-bond acceptors (Lipinski definition) is 2. The molecular weight excluding hydrogens is 84.1 g/mol. The minimum atomic E-state index is -0.556. The van der Waals surface area contributed by atoms with Crippen LogP contribution in [0.15, 0.2) is 0 Å². The maximum atomic E-state index is 8.50. The first-order valence-electron chi connectivity index (χ1n) is 1.65. The van der Waals surface area contributed by atoms with Crippen LogP contribution < -0.4 is 0 Å². The predicted octanol–water partition coefficient (Wildman–Crippen LogP) is 0.399. The number of aliphatic hydroxyl groups is 1. The predicted molar refractivity (Wildman–Crippen MR) is 23.2 cm³/mol. The van der Waals surface area contributed by atoms with Crippen LogP contribution in [0.4, 0.5) is 0 Å². The minimum absolute atomic E-state index is 0.556. The highest BCUT2D eigenvalue weighted by atomic mass is 32.1. The molecular formula is C3H6OS. The quantitative estimate of drug-likeness (QED) is 0.326. The number of thiol groups is 1. The van der Waals surface area contributed by atoms with E-state index in [9.17, 15) is 0 Å². The van der Waals surface area contributed by atoms with E-state index in [-0.39, 0.29) is 0 Å². The number of rotatable bonds is 0. The van der Waals surface area contributed by atoms with Crippen molar-refractivity contribution in [2.24, 2.45) is 0 Å². The molecule has 0 spiro atoms. The van der Waals surface area contributed by atoms with Gasteiger partial charge in [0.25, 0.3) is 0 Å². The normalized spacial score (nSPS) is 30.0. The third-order valence-electron chi connectivity index (χ3n) is 0.697. The van der Waals surface area contributed by atoms with Crippen molar-refractivity contribution < 1.29 is 5.11 Å². The molecule has 0 saturated heterocycles. The monoisotopic (exact) mass is 90.0 g/mol. The zero-order valence-electron chi connectivity index (χ0n) is 2.81. The summed E-state index contributed by atoms with van der Waals surface area (Å²) in [6, 6.07) is 0. The van der Waals surface area contributed by atoms with Crippen molar-refractivity contribution in [3.63, 3.8) is 0 Å². The number of hydrogen-bond donors (Lipinski definition) is 2. The molecule has 1 nitrogen and oxygen atoms in total. The summed E-state index contributed by atoms with van der Waals surface area (Å²) in [5, 5.41) is 8.50. The van der Waals surface area contributed by atoms with Crippen molar-refractivity contribution in [2.45, 2.75) is 17.8 Å². The summed E-state index contributed by atoms with van der Waals surface area (Å²) in [5.74, 6) is 0. The second-order valence-electron chi connectivity index (χ2n) is 1.48. The first-order valence-corrected chi connectivity index (χ1v) is 2.10. The average molecular weight is 90.1 g/mol. The highest BCUT2D eigenvalue weighted by Crippen LogP contribution is 2.38. The molecule has 1 rings (SSSR count). The van der Waals surface area contributed by atoms with Crippen LogP contribution in [0, 0.1) is 0 Å². The van der Waals surface area contributed by atoms with Gasteiger partial charge in [0, 0.05) is 0 Å². The molecule has 2 heteroatoms. The summed E-state index contributed by atoms with van der Waals surface area (Å²) in [6.07, 6.45) is 1.74. The van der Waals surface area contributed by atoms with Gasteiger partial charge in [-0.2, -0.15) is 0 Å².